The molecule has 4 heteroatoms. The fourth-order valence-corrected chi connectivity index (χ4v) is 2.17. The third-order valence-electron chi connectivity index (χ3n) is 3.38. The highest BCUT2D eigenvalue weighted by Gasteiger charge is 2.13. The maximum Gasteiger partial charge on any atom is 0.339 e. The maximum absolute atomic E-state index is 11.7. The van der Waals surface area contributed by atoms with Crippen molar-refractivity contribution in [3.63, 3.8) is 0 Å². The second kappa shape index (κ2) is 10.6. The summed E-state index contributed by atoms with van der Waals surface area (Å²) in [5, 5.41) is 9.02. The molecular weight excluding hydrogens is 280 g/mol. The van der Waals surface area contributed by atoms with Crippen molar-refractivity contribution < 1.29 is 19.4 Å². The minimum Gasteiger partial charge on any atom is -0.478 e. The van der Waals surface area contributed by atoms with Crippen molar-refractivity contribution in [1.82, 2.24) is 0 Å². The van der Waals surface area contributed by atoms with E-state index in [0.29, 0.717) is 6.42 Å². The van der Waals surface area contributed by atoms with Gasteiger partial charge in [-0.3, -0.25) is 4.79 Å². The van der Waals surface area contributed by atoms with Crippen molar-refractivity contribution in [3.8, 4) is 5.75 Å². The Hall–Kier alpha value is -2.10. The third kappa shape index (κ3) is 7.07. The number of carbonyl (C=O) groups is 2. The molecule has 0 fully saturated rings. The average molecular weight is 304 g/mol. The van der Waals surface area contributed by atoms with E-state index in [1.165, 1.54) is 31.4 Å². The van der Waals surface area contributed by atoms with Crippen LogP contribution in [0.1, 0.15) is 61.7 Å². The maximum atomic E-state index is 11.7. The van der Waals surface area contributed by atoms with E-state index in [-0.39, 0.29) is 17.3 Å². The standard InChI is InChI=1S/C18H24O4/c1-2-3-4-5-6-7-8-9-14-17(19)22-16-13-11-10-12-15(16)18(20)21/h2,10-13H,1,3-9,14H2,(H,20,21). The zero-order valence-corrected chi connectivity index (χ0v) is 12.9. The first kappa shape index (κ1) is 18.0. The number of para-hydroxylation sites is 1. The van der Waals surface area contributed by atoms with Crippen LogP contribution in [-0.4, -0.2) is 17.0 Å². The highest BCUT2D eigenvalue weighted by atomic mass is 16.5. The van der Waals surface area contributed by atoms with Crippen molar-refractivity contribution >= 4 is 11.9 Å². The minimum absolute atomic E-state index is 0.0121. The number of unbranched alkanes of at least 4 members (excludes halogenated alkanes) is 6. The van der Waals surface area contributed by atoms with E-state index in [4.69, 9.17) is 9.84 Å². The molecule has 1 aromatic rings. The molecule has 1 N–H and O–H groups in total. The van der Waals surface area contributed by atoms with Crippen molar-refractivity contribution in [2.45, 2.75) is 51.4 Å². The number of carboxylic acids is 1. The van der Waals surface area contributed by atoms with E-state index in [1.54, 1.807) is 12.1 Å². The summed E-state index contributed by atoms with van der Waals surface area (Å²) in [5.74, 6) is -1.35. The first-order chi connectivity index (χ1) is 10.6. The van der Waals surface area contributed by atoms with E-state index >= 15 is 0 Å². The van der Waals surface area contributed by atoms with Gasteiger partial charge in [-0.15, -0.1) is 6.58 Å². The molecule has 120 valence electrons. The van der Waals surface area contributed by atoms with Crippen LogP contribution in [0.25, 0.3) is 0 Å². The summed E-state index contributed by atoms with van der Waals surface area (Å²) in [6.07, 6.45) is 9.74. The number of ether oxygens (including phenoxy) is 1. The van der Waals surface area contributed by atoms with Crippen LogP contribution in [0.3, 0.4) is 0 Å². The van der Waals surface area contributed by atoms with Crippen molar-refractivity contribution in [3.05, 3.63) is 42.5 Å². The first-order valence-corrected chi connectivity index (χ1v) is 7.79. The van der Waals surface area contributed by atoms with Crippen LogP contribution in [-0.2, 0) is 4.79 Å². The van der Waals surface area contributed by atoms with Crippen LogP contribution in [0.5, 0.6) is 5.75 Å². The Bertz CT molecular complexity index is 494. The summed E-state index contributed by atoms with van der Waals surface area (Å²) in [5.41, 5.74) is 0.0121. The lowest BCUT2D eigenvalue weighted by Crippen LogP contribution is -2.10. The Morgan fingerprint density at radius 3 is 2.36 bits per heavy atom. The zero-order valence-electron chi connectivity index (χ0n) is 12.9. The number of carboxylic acid groups (broad SMARTS) is 1. The average Bonchev–Trinajstić information content (AvgIpc) is 2.50. The lowest BCUT2D eigenvalue weighted by Gasteiger charge is -2.07. The number of aromatic carboxylic acids is 1. The molecule has 0 bridgehead atoms. The van der Waals surface area contributed by atoms with E-state index in [2.05, 4.69) is 6.58 Å². The monoisotopic (exact) mass is 304 g/mol. The number of esters is 1. The number of rotatable bonds is 11. The quantitative estimate of drug-likeness (QED) is 0.281. The highest BCUT2D eigenvalue weighted by Crippen LogP contribution is 2.19. The number of carbonyl (C=O) groups excluding carboxylic acids is 1. The molecule has 0 aliphatic carbocycles. The lowest BCUT2D eigenvalue weighted by atomic mass is 10.1. The smallest absolute Gasteiger partial charge is 0.339 e. The van der Waals surface area contributed by atoms with Gasteiger partial charge in [-0.1, -0.05) is 43.9 Å². The summed E-state index contributed by atoms with van der Waals surface area (Å²) >= 11 is 0. The topological polar surface area (TPSA) is 63.6 Å². The predicted molar refractivity (Wildman–Crippen MR) is 86.2 cm³/mol. The summed E-state index contributed by atoms with van der Waals surface area (Å²) in [6.45, 7) is 3.69. The predicted octanol–water partition coefficient (Wildman–Crippen LogP) is 4.60. The number of hydrogen-bond donors (Lipinski definition) is 1. The van der Waals surface area contributed by atoms with Crippen LogP contribution in [0, 0.1) is 0 Å². The molecule has 0 aliphatic rings. The molecule has 0 spiro atoms. The van der Waals surface area contributed by atoms with Gasteiger partial charge in [0.25, 0.3) is 0 Å². The van der Waals surface area contributed by atoms with E-state index < -0.39 is 5.97 Å². The fraction of sp³-hybridized carbons (Fsp3) is 0.444. The number of allylic oxidation sites excluding steroid dienone is 1. The molecule has 1 aromatic carbocycles. The molecule has 0 aromatic heterocycles. The van der Waals surface area contributed by atoms with Crippen molar-refractivity contribution in [1.29, 1.82) is 0 Å². The van der Waals surface area contributed by atoms with Gasteiger partial charge in [-0.2, -0.15) is 0 Å². The Morgan fingerprint density at radius 1 is 1.05 bits per heavy atom. The van der Waals surface area contributed by atoms with Gasteiger partial charge >= 0.3 is 11.9 Å². The molecule has 0 radical (unpaired) electrons. The van der Waals surface area contributed by atoms with Gasteiger partial charge in [-0.25, -0.2) is 4.79 Å². The molecule has 0 amide bonds. The number of benzene rings is 1. The Labute approximate surface area is 131 Å². The van der Waals surface area contributed by atoms with Gasteiger partial charge in [0.2, 0.25) is 0 Å². The highest BCUT2D eigenvalue weighted by molar-refractivity contribution is 5.91. The van der Waals surface area contributed by atoms with Crippen LogP contribution in [0.4, 0.5) is 0 Å². The van der Waals surface area contributed by atoms with Gasteiger partial charge < -0.3 is 9.84 Å². The summed E-state index contributed by atoms with van der Waals surface area (Å²) in [7, 11) is 0. The van der Waals surface area contributed by atoms with Crippen molar-refractivity contribution in [2.75, 3.05) is 0 Å². The zero-order chi connectivity index (χ0) is 16.2. The Morgan fingerprint density at radius 2 is 1.68 bits per heavy atom. The van der Waals surface area contributed by atoms with Crippen LogP contribution < -0.4 is 4.74 Å². The SMILES string of the molecule is C=CCCCCCCCCC(=O)Oc1ccccc1C(=O)O. The van der Waals surface area contributed by atoms with Crippen molar-refractivity contribution in [2.24, 2.45) is 0 Å². The normalized spacial score (nSPS) is 10.2. The minimum atomic E-state index is -1.09. The van der Waals surface area contributed by atoms with Gasteiger partial charge in [0, 0.05) is 6.42 Å². The fourth-order valence-electron chi connectivity index (χ4n) is 2.17. The molecule has 0 heterocycles. The van der Waals surface area contributed by atoms with Gasteiger partial charge in [0.15, 0.2) is 0 Å². The van der Waals surface area contributed by atoms with Gasteiger partial charge in [0.1, 0.15) is 11.3 Å². The van der Waals surface area contributed by atoms with Crippen LogP contribution >= 0.6 is 0 Å². The lowest BCUT2D eigenvalue weighted by molar-refractivity contribution is -0.134. The molecule has 22 heavy (non-hydrogen) atoms. The largest absolute Gasteiger partial charge is 0.478 e. The molecular formula is C18H24O4. The second-order valence-electron chi connectivity index (χ2n) is 5.22. The number of hydrogen-bond acceptors (Lipinski definition) is 3. The third-order valence-corrected chi connectivity index (χ3v) is 3.38. The van der Waals surface area contributed by atoms with Crippen LogP contribution in [0.2, 0.25) is 0 Å². The summed E-state index contributed by atoms with van der Waals surface area (Å²) < 4.78 is 5.14. The Balaban J connectivity index is 2.21. The molecule has 0 saturated carbocycles. The summed E-state index contributed by atoms with van der Waals surface area (Å²) in [6, 6.07) is 6.18. The molecule has 0 aliphatic heterocycles. The first-order valence-electron chi connectivity index (χ1n) is 7.79. The second-order valence-corrected chi connectivity index (χ2v) is 5.22. The van der Waals surface area contributed by atoms with E-state index in [0.717, 1.165) is 25.7 Å². The van der Waals surface area contributed by atoms with Crippen LogP contribution in [0.15, 0.2) is 36.9 Å². The molecule has 1 rings (SSSR count). The molecule has 0 atom stereocenters. The molecule has 0 unspecified atom stereocenters. The Kier molecular flexibility index (Phi) is 8.65. The van der Waals surface area contributed by atoms with E-state index in [1.807, 2.05) is 6.08 Å². The molecule has 4 nitrogen and oxygen atoms in total. The summed E-state index contributed by atoms with van der Waals surface area (Å²) in [4.78, 5) is 22.7. The molecule has 0 saturated heterocycles. The van der Waals surface area contributed by atoms with Gasteiger partial charge in [-0.05, 0) is 31.4 Å². The van der Waals surface area contributed by atoms with Gasteiger partial charge in [0.05, 0.1) is 0 Å². The van der Waals surface area contributed by atoms with E-state index in [9.17, 15) is 9.59 Å².